The molecule has 0 unspecified atom stereocenters. The predicted molar refractivity (Wildman–Crippen MR) is 110 cm³/mol. The van der Waals surface area contributed by atoms with Gasteiger partial charge in [0.25, 0.3) is 5.91 Å². The van der Waals surface area contributed by atoms with Crippen molar-refractivity contribution in [2.75, 3.05) is 27.3 Å². The lowest BCUT2D eigenvalue weighted by Crippen LogP contribution is -2.30. The third-order valence-electron chi connectivity index (χ3n) is 4.77. The van der Waals surface area contributed by atoms with E-state index in [0.717, 1.165) is 11.0 Å². The van der Waals surface area contributed by atoms with Crippen LogP contribution in [0.3, 0.4) is 0 Å². The highest BCUT2D eigenvalue weighted by Crippen LogP contribution is 2.27. The van der Waals surface area contributed by atoms with Crippen molar-refractivity contribution in [2.24, 2.45) is 0 Å². The van der Waals surface area contributed by atoms with Crippen molar-refractivity contribution >= 4 is 26.9 Å². The number of hydrogen-bond acceptors (Lipinski definition) is 5. The van der Waals surface area contributed by atoms with Gasteiger partial charge in [-0.1, -0.05) is 18.2 Å². The van der Waals surface area contributed by atoms with Crippen LogP contribution >= 0.6 is 0 Å². The molecule has 29 heavy (non-hydrogen) atoms. The maximum atomic E-state index is 12.8. The molecule has 0 aliphatic carbocycles. The van der Waals surface area contributed by atoms with Crippen molar-refractivity contribution in [3.05, 3.63) is 65.9 Å². The number of nitrogens with one attached hydrogen (secondary N) is 1. The van der Waals surface area contributed by atoms with E-state index in [1.807, 2.05) is 37.3 Å². The summed E-state index contributed by atoms with van der Waals surface area (Å²) < 4.78 is 37.6. The molecule has 0 radical (unpaired) electrons. The maximum absolute atomic E-state index is 12.8. The van der Waals surface area contributed by atoms with Crippen LogP contribution in [0.1, 0.15) is 29.1 Å². The van der Waals surface area contributed by atoms with E-state index < -0.39 is 10.0 Å². The van der Waals surface area contributed by atoms with Crippen molar-refractivity contribution < 1.29 is 22.4 Å². The first-order chi connectivity index (χ1) is 13.8. The van der Waals surface area contributed by atoms with Crippen LogP contribution in [0.25, 0.3) is 11.0 Å². The van der Waals surface area contributed by atoms with Crippen LogP contribution in [-0.2, 0) is 14.8 Å². The number of nitrogens with zero attached hydrogens (tertiary/aromatic N) is 1. The van der Waals surface area contributed by atoms with E-state index in [1.54, 1.807) is 11.9 Å². The molecular formula is C21H24N2O5S. The number of rotatable bonds is 8. The molecule has 0 spiro atoms. The van der Waals surface area contributed by atoms with Gasteiger partial charge >= 0.3 is 0 Å². The summed E-state index contributed by atoms with van der Waals surface area (Å²) in [5, 5.41) is 0.978. The molecule has 2 aromatic carbocycles. The Labute approximate surface area is 170 Å². The Bertz CT molecular complexity index is 1060. The standard InChI is InChI=1S/C21H24N2O5S/c1-15(20-14-17-6-4-5-7-19(17)28-20)23(2)21(24)16-8-10-18(11-9-16)29(25,26)22-12-13-27-3/h4-11,14-15,22H,12-13H2,1-3H3/t15-/m1/s1. The highest BCUT2D eigenvalue weighted by atomic mass is 32.2. The Balaban J connectivity index is 1.73. The number of fused-ring (bicyclic) bond motifs is 1. The van der Waals surface area contributed by atoms with E-state index in [4.69, 9.17) is 9.15 Å². The summed E-state index contributed by atoms with van der Waals surface area (Å²) in [5.41, 5.74) is 1.16. The SMILES string of the molecule is COCCNS(=O)(=O)c1ccc(C(=O)N(C)[C@H](C)c2cc3ccccc3o2)cc1. The largest absolute Gasteiger partial charge is 0.459 e. The summed E-state index contributed by atoms with van der Waals surface area (Å²) in [5.74, 6) is 0.456. The molecule has 1 N–H and O–H groups in total. The first kappa shape index (κ1) is 21.0. The van der Waals surface area contributed by atoms with Crippen molar-refractivity contribution in [3.8, 4) is 0 Å². The van der Waals surface area contributed by atoms with E-state index in [0.29, 0.717) is 11.3 Å². The number of amides is 1. The molecule has 3 aromatic rings. The van der Waals surface area contributed by atoms with Crippen molar-refractivity contribution in [3.63, 3.8) is 0 Å². The Morgan fingerprint density at radius 2 is 1.86 bits per heavy atom. The highest BCUT2D eigenvalue weighted by molar-refractivity contribution is 7.89. The third kappa shape index (κ3) is 4.67. The number of furan rings is 1. The minimum absolute atomic E-state index is 0.0955. The normalized spacial score (nSPS) is 12.8. The number of para-hydroxylation sites is 1. The summed E-state index contributed by atoms with van der Waals surface area (Å²) >= 11 is 0. The molecule has 0 bridgehead atoms. The van der Waals surface area contributed by atoms with E-state index in [-0.39, 0.29) is 30.0 Å². The van der Waals surface area contributed by atoms with Crippen molar-refractivity contribution in [1.29, 1.82) is 0 Å². The summed E-state index contributed by atoms with van der Waals surface area (Å²) in [6.45, 7) is 2.34. The molecule has 0 saturated heterocycles. The van der Waals surface area contributed by atoms with E-state index >= 15 is 0 Å². The van der Waals surface area contributed by atoms with Crippen LogP contribution in [0, 0.1) is 0 Å². The molecule has 154 valence electrons. The molecule has 1 heterocycles. The van der Waals surface area contributed by atoms with Gasteiger partial charge in [0.15, 0.2) is 0 Å². The molecule has 1 atom stereocenters. The molecule has 0 aliphatic rings. The lowest BCUT2D eigenvalue weighted by molar-refractivity contribution is 0.0727. The quantitative estimate of drug-likeness (QED) is 0.570. The average molecular weight is 416 g/mol. The zero-order chi connectivity index (χ0) is 21.0. The number of benzene rings is 2. The van der Waals surface area contributed by atoms with Gasteiger partial charge in [-0.3, -0.25) is 4.79 Å². The Kier molecular flexibility index (Phi) is 6.36. The summed E-state index contributed by atoms with van der Waals surface area (Å²) in [6, 6.07) is 15.2. The van der Waals surface area contributed by atoms with Gasteiger partial charge in [0.2, 0.25) is 10.0 Å². The maximum Gasteiger partial charge on any atom is 0.254 e. The lowest BCUT2D eigenvalue weighted by Gasteiger charge is -2.23. The number of methoxy groups -OCH3 is 1. The van der Waals surface area contributed by atoms with E-state index in [1.165, 1.54) is 31.4 Å². The minimum atomic E-state index is -3.64. The summed E-state index contributed by atoms with van der Waals surface area (Å²) in [4.78, 5) is 14.5. The monoisotopic (exact) mass is 416 g/mol. The van der Waals surface area contributed by atoms with Crippen molar-refractivity contribution in [2.45, 2.75) is 17.9 Å². The Hall–Kier alpha value is -2.68. The molecule has 3 rings (SSSR count). The number of hydrogen-bond donors (Lipinski definition) is 1. The summed E-state index contributed by atoms with van der Waals surface area (Å²) in [6.07, 6.45) is 0. The van der Waals surface area contributed by atoms with Gasteiger partial charge in [0.05, 0.1) is 17.5 Å². The second-order valence-electron chi connectivity index (χ2n) is 6.69. The first-order valence-corrected chi connectivity index (χ1v) is 10.7. The Morgan fingerprint density at radius 1 is 1.17 bits per heavy atom. The van der Waals surface area contributed by atoms with Gasteiger partial charge in [0, 0.05) is 31.7 Å². The van der Waals surface area contributed by atoms with E-state index in [9.17, 15) is 13.2 Å². The Morgan fingerprint density at radius 3 is 2.52 bits per heavy atom. The second kappa shape index (κ2) is 8.77. The molecule has 0 fully saturated rings. The van der Waals surface area contributed by atoms with Crippen LogP contribution in [0.5, 0.6) is 0 Å². The van der Waals surface area contributed by atoms with Gasteiger partial charge in [-0.15, -0.1) is 0 Å². The fraction of sp³-hybridized carbons (Fsp3) is 0.286. The van der Waals surface area contributed by atoms with Gasteiger partial charge in [0.1, 0.15) is 11.3 Å². The average Bonchev–Trinajstić information content (AvgIpc) is 3.16. The molecule has 1 amide bonds. The van der Waals surface area contributed by atoms with Crippen LogP contribution in [-0.4, -0.2) is 46.5 Å². The van der Waals surface area contributed by atoms with Gasteiger partial charge < -0.3 is 14.1 Å². The van der Waals surface area contributed by atoms with Crippen LogP contribution in [0.15, 0.2) is 63.9 Å². The molecule has 1 aromatic heterocycles. The number of sulfonamides is 1. The smallest absolute Gasteiger partial charge is 0.254 e. The predicted octanol–water partition coefficient (Wildman–Crippen LogP) is 3.19. The van der Waals surface area contributed by atoms with Gasteiger partial charge in [-0.05, 0) is 43.3 Å². The van der Waals surface area contributed by atoms with Gasteiger partial charge in [-0.25, -0.2) is 13.1 Å². The zero-order valence-electron chi connectivity index (χ0n) is 16.6. The van der Waals surface area contributed by atoms with Crippen LogP contribution in [0.2, 0.25) is 0 Å². The minimum Gasteiger partial charge on any atom is -0.459 e. The lowest BCUT2D eigenvalue weighted by atomic mass is 10.1. The number of carbonyl (C=O) groups excluding carboxylic acids is 1. The van der Waals surface area contributed by atoms with Gasteiger partial charge in [-0.2, -0.15) is 0 Å². The molecule has 0 saturated carbocycles. The van der Waals surface area contributed by atoms with Crippen LogP contribution in [0.4, 0.5) is 0 Å². The molecule has 8 heteroatoms. The second-order valence-corrected chi connectivity index (χ2v) is 8.46. The van der Waals surface area contributed by atoms with E-state index in [2.05, 4.69) is 4.72 Å². The zero-order valence-corrected chi connectivity index (χ0v) is 17.4. The topological polar surface area (TPSA) is 88.8 Å². The van der Waals surface area contributed by atoms with Crippen molar-refractivity contribution in [1.82, 2.24) is 9.62 Å². The third-order valence-corrected chi connectivity index (χ3v) is 6.24. The molecule has 0 aliphatic heterocycles. The fourth-order valence-electron chi connectivity index (χ4n) is 2.92. The number of ether oxygens (including phenoxy) is 1. The molecule has 7 nitrogen and oxygen atoms in total. The summed E-state index contributed by atoms with van der Waals surface area (Å²) in [7, 11) is -0.450. The fourth-order valence-corrected chi connectivity index (χ4v) is 3.93. The first-order valence-electron chi connectivity index (χ1n) is 9.18. The molecular weight excluding hydrogens is 392 g/mol. The highest BCUT2D eigenvalue weighted by Gasteiger charge is 2.22. The number of carbonyl (C=O) groups is 1. The van der Waals surface area contributed by atoms with Crippen LogP contribution < -0.4 is 4.72 Å².